The molecule has 17 heavy (non-hydrogen) atoms. The first-order valence-corrected chi connectivity index (χ1v) is 8.47. The lowest BCUT2D eigenvalue weighted by Gasteiger charge is -2.40. The first-order valence-electron chi connectivity index (χ1n) is 6.33. The van der Waals surface area contributed by atoms with Gasteiger partial charge in [0, 0.05) is 18.5 Å². The van der Waals surface area contributed by atoms with Crippen LogP contribution >= 0.6 is 11.6 Å². The summed E-state index contributed by atoms with van der Waals surface area (Å²) in [5.74, 6) is 1.45. The third-order valence-corrected chi connectivity index (χ3v) is 6.37. The summed E-state index contributed by atoms with van der Waals surface area (Å²) in [7, 11) is -3.16. The standard InChI is InChI=1S/C12H24ClNO2S/c1-9-5-11(3)12(4)14(7-9)17(15,16)8-10(2)6-13/h9-12H,5-8H2,1-4H3. The third-order valence-electron chi connectivity index (χ3n) is 3.66. The van der Waals surface area contributed by atoms with E-state index in [1.54, 1.807) is 4.31 Å². The van der Waals surface area contributed by atoms with Gasteiger partial charge in [0.2, 0.25) is 10.0 Å². The van der Waals surface area contributed by atoms with Crippen molar-refractivity contribution in [3.8, 4) is 0 Å². The van der Waals surface area contributed by atoms with E-state index in [1.165, 1.54) is 0 Å². The second kappa shape index (κ2) is 5.89. The highest BCUT2D eigenvalue weighted by atomic mass is 35.5. The molecule has 1 aliphatic rings. The van der Waals surface area contributed by atoms with Crippen LogP contribution in [-0.2, 0) is 10.0 Å². The zero-order valence-corrected chi connectivity index (χ0v) is 12.8. The molecule has 0 radical (unpaired) electrons. The highest BCUT2D eigenvalue weighted by molar-refractivity contribution is 7.89. The van der Waals surface area contributed by atoms with E-state index in [2.05, 4.69) is 13.8 Å². The first kappa shape index (κ1) is 15.3. The van der Waals surface area contributed by atoms with Crippen molar-refractivity contribution in [2.24, 2.45) is 17.8 Å². The summed E-state index contributed by atoms with van der Waals surface area (Å²) in [5, 5.41) is 0. The van der Waals surface area contributed by atoms with Crippen LogP contribution in [0.2, 0.25) is 0 Å². The van der Waals surface area contributed by atoms with Crippen LogP contribution in [-0.4, -0.2) is 36.9 Å². The Bertz CT molecular complexity index is 344. The van der Waals surface area contributed by atoms with E-state index in [0.29, 0.717) is 24.3 Å². The highest BCUT2D eigenvalue weighted by Gasteiger charge is 2.36. The summed E-state index contributed by atoms with van der Waals surface area (Å²) in [4.78, 5) is 0. The van der Waals surface area contributed by atoms with Gasteiger partial charge in [-0.3, -0.25) is 0 Å². The maximum absolute atomic E-state index is 12.3. The molecule has 0 N–H and O–H groups in total. The molecule has 1 rings (SSSR count). The topological polar surface area (TPSA) is 37.4 Å². The van der Waals surface area contributed by atoms with Crippen LogP contribution < -0.4 is 0 Å². The molecule has 5 heteroatoms. The predicted octanol–water partition coefficient (Wildman–Crippen LogP) is 2.56. The molecule has 0 saturated carbocycles. The number of alkyl halides is 1. The summed E-state index contributed by atoms with van der Waals surface area (Å²) >= 11 is 5.71. The summed E-state index contributed by atoms with van der Waals surface area (Å²) in [5.41, 5.74) is 0. The van der Waals surface area contributed by atoms with E-state index < -0.39 is 10.0 Å². The third kappa shape index (κ3) is 3.83. The minimum Gasteiger partial charge on any atom is -0.212 e. The Morgan fingerprint density at radius 1 is 1.35 bits per heavy atom. The van der Waals surface area contributed by atoms with Gasteiger partial charge in [0.25, 0.3) is 0 Å². The average molecular weight is 282 g/mol. The molecule has 4 atom stereocenters. The zero-order chi connectivity index (χ0) is 13.2. The minimum absolute atomic E-state index is 0.0152. The summed E-state index contributed by atoms with van der Waals surface area (Å²) in [6.45, 7) is 8.80. The van der Waals surface area contributed by atoms with Crippen molar-refractivity contribution in [3.05, 3.63) is 0 Å². The molecule has 1 heterocycles. The number of nitrogens with zero attached hydrogens (tertiary/aromatic N) is 1. The van der Waals surface area contributed by atoms with Crippen LogP contribution in [0.1, 0.15) is 34.1 Å². The van der Waals surface area contributed by atoms with Crippen molar-refractivity contribution in [2.75, 3.05) is 18.2 Å². The number of sulfonamides is 1. The fraction of sp³-hybridized carbons (Fsp3) is 1.00. The van der Waals surface area contributed by atoms with Crippen LogP contribution in [0.5, 0.6) is 0 Å². The van der Waals surface area contributed by atoms with Gasteiger partial charge in [0.15, 0.2) is 0 Å². The van der Waals surface area contributed by atoms with Gasteiger partial charge in [-0.2, -0.15) is 4.31 Å². The molecule has 0 aliphatic carbocycles. The summed E-state index contributed by atoms with van der Waals surface area (Å²) in [6, 6.07) is 0.110. The van der Waals surface area contributed by atoms with Gasteiger partial charge in [0.05, 0.1) is 5.75 Å². The van der Waals surface area contributed by atoms with Crippen LogP contribution in [0, 0.1) is 17.8 Å². The molecule has 102 valence electrons. The summed E-state index contributed by atoms with van der Waals surface area (Å²) in [6.07, 6.45) is 1.11. The molecule has 0 aromatic heterocycles. The van der Waals surface area contributed by atoms with Gasteiger partial charge in [-0.25, -0.2) is 8.42 Å². The zero-order valence-electron chi connectivity index (χ0n) is 11.2. The van der Waals surface area contributed by atoms with E-state index in [0.717, 1.165) is 6.42 Å². The molecule has 1 aliphatic heterocycles. The number of halogens is 1. The molecule has 0 aromatic rings. The molecule has 0 aromatic carbocycles. The van der Waals surface area contributed by atoms with E-state index in [4.69, 9.17) is 11.6 Å². The van der Waals surface area contributed by atoms with Crippen molar-refractivity contribution >= 4 is 21.6 Å². The molecule has 4 unspecified atom stereocenters. The lowest BCUT2D eigenvalue weighted by molar-refractivity contribution is 0.157. The van der Waals surface area contributed by atoms with Gasteiger partial charge in [-0.15, -0.1) is 11.6 Å². The Morgan fingerprint density at radius 2 is 1.94 bits per heavy atom. The van der Waals surface area contributed by atoms with Gasteiger partial charge >= 0.3 is 0 Å². The lowest BCUT2D eigenvalue weighted by Crippen LogP contribution is -2.50. The molecule has 1 fully saturated rings. The van der Waals surface area contributed by atoms with Crippen LogP contribution in [0.3, 0.4) is 0 Å². The smallest absolute Gasteiger partial charge is 0.212 e. The average Bonchev–Trinajstić information content (AvgIpc) is 2.22. The van der Waals surface area contributed by atoms with Crippen LogP contribution in [0.25, 0.3) is 0 Å². The Morgan fingerprint density at radius 3 is 2.47 bits per heavy atom. The van der Waals surface area contributed by atoms with Crippen molar-refractivity contribution < 1.29 is 8.42 Å². The maximum atomic E-state index is 12.3. The number of hydrogen-bond acceptors (Lipinski definition) is 2. The van der Waals surface area contributed by atoms with E-state index in [9.17, 15) is 8.42 Å². The van der Waals surface area contributed by atoms with Crippen molar-refractivity contribution in [1.29, 1.82) is 0 Å². The van der Waals surface area contributed by atoms with Gasteiger partial charge < -0.3 is 0 Å². The van der Waals surface area contributed by atoms with Crippen molar-refractivity contribution in [3.63, 3.8) is 0 Å². The Kier molecular flexibility index (Phi) is 5.29. The predicted molar refractivity (Wildman–Crippen MR) is 72.8 cm³/mol. The SMILES string of the molecule is CC1CC(C)C(C)N(S(=O)(=O)CC(C)CCl)C1. The van der Waals surface area contributed by atoms with Crippen molar-refractivity contribution in [2.45, 2.75) is 40.2 Å². The Hall–Kier alpha value is 0.200. The first-order chi connectivity index (χ1) is 7.77. The second-order valence-corrected chi connectivity index (χ2v) is 7.94. The second-order valence-electron chi connectivity index (χ2n) is 5.67. The molecule has 0 amide bonds. The largest absolute Gasteiger partial charge is 0.214 e. The molecule has 0 bridgehead atoms. The highest BCUT2D eigenvalue weighted by Crippen LogP contribution is 2.29. The Labute approximate surface area is 111 Å². The van der Waals surface area contributed by atoms with E-state index in [1.807, 2.05) is 13.8 Å². The maximum Gasteiger partial charge on any atom is 0.214 e. The molecular formula is C12H24ClNO2S. The fourth-order valence-corrected chi connectivity index (χ4v) is 4.99. The Balaban J connectivity index is 2.82. The van der Waals surface area contributed by atoms with Crippen LogP contribution in [0.4, 0.5) is 0 Å². The molecule has 0 spiro atoms. The summed E-state index contributed by atoms with van der Waals surface area (Å²) < 4.78 is 26.3. The van der Waals surface area contributed by atoms with Gasteiger partial charge in [-0.1, -0.05) is 20.8 Å². The number of rotatable bonds is 4. The van der Waals surface area contributed by atoms with E-state index >= 15 is 0 Å². The minimum atomic E-state index is -3.16. The lowest BCUT2D eigenvalue weighted by atomic mass is 9.88. The van der Waals surface area contributed by atoms with Gasteiger partial charge in [0.1, 0.15) is 0 Å². The number of hydrogen-bond donors (Lipinski definition) is 0. The molecular weight excluding hydrogens is 258 g/mol. The van der Waals surface area contributed by atoms with E-state index in [-0.39, 0.29) is 17.7 Å². The fourth-order valence-electron chi connectivity index (χ4n) is 2.53. The number of piperidine rings is 1. The van der Waals surface area contributed by atoms with Crippen molar-refractivity contribution in [1.82, 2.24) is 4.31 Å². The quantitative estimate of drug-likeness (QED) is 0.743. The molecule has 3 nitrogen and oxygen atoms in total. The normalized spacial score (nSPS) is 33.6. The molecule has 1 saturated heterocycles. The van der Waals surface area contributed by atoms with Gasteiger partial charge in [-0.05, 0) is 31.1 Å². The van der Waals surface area contributed by atoms with Crippen LogP contribution in [0.15, 0.2) is 0 Å². The monoisotopic (exact) mass is 281 g/mol.